The third-order valence-electron chi connectivity index (χ3n) is 5.87. The van der Waals surface area contributed by atoms with Gasteiger partial charge in [-0.3, -0.25) is 4.79 Å². The second-order valence-electron chi connectivity index (χ2n) is 7.63. The Bertz CT molecular complexity index is 1460. The molecule has 1 aliphatic carbocycles. The van der Waals surface area contributed by atoms with Crippen molar-refractivity contribution in [3.05, 3.63) is 102 Å². The molecule has 1 heterocycles. The van der Waals surface area contributed by atoms with E-state index in [0.717, 1.165) is 55.2 Å². The van der Waals surface area contributed by atoms with Crippen LogP contribution >= 0.6 is 0 Å². The molecule has 0 unspecified atom stereocenters. The molecule has 2 heteroatoms. The van der Waals surface area contributed by atoms with Gasteiger partial charge in [-0.15, -0.1) is 0 Å². The molecule has 1 aliphatic rings. The van der Waals surface area contributed by atoms with E-state index in [2.05, 4.69) is 55.5 Å². The average Bonchev–Trinajstić information content (AvgIpc) is 3.05. The second-order valence-corrected chi connectivity index (χ2v) is 7.63. The summed E-state index contributed by atoms with van der Waals surface area (Å²) in [7, 11) is 0. The smallest absolute Gasteiger partial charge is 0.196 e. The summed E-state index contributed by atoms with van der Waals surface area (Å²) in [4.78, 5) is 18.5. The van der Waals surface area contributed by atoms with Crippen molar-refractivity contribution in [3.63, 3.8) is 0 Å². The van der Waals surface area contributed by atoms with Crippen molar-refractivity contribution in [2.75, 3.05) is 0 Å². The van der Waals surface area contributed by atoms with Gasteiger partial charge in [-0.1, -0.05) is 90.5 Å². The van der Waals surface area contributed by atoms with Gasteiger partial charge in [0.25, 0.3) is 0 Å². The molecule has 0 fully saturated rings. The molecule has 0 N–H and O–H groups in total. The van der Waals surface area contributed by atoms with Crippen molar-refractivity contribution >= 4 is 27.5 Å². The number of carbonyl (C=O) groups is 1. The summed E-state index contributed by atoms with van der Waals surface area (Å²) in [6.07, 6.45) is 0. The van der Waals surface area contributed by atoms with Crippen molar-refractivity contribution in [1.29, 1.82) is 0 Å². The van der Waals surface area contributed by atoms with Crippen LogP contribution in [-0.4, -0.2) is 10.8 Å². The number of nitrogens with zero attached hydrogens (tertiary/aromatic N) is 1. The molecule has 0 bridgehead atoms. The fraction of sp³-hybridized carbons (Fsp3) is 0.0370. The number of ketones is 1. The lowest BCUT2D eigenvalue weighted by Crippen LogP contribution is -2.01. The van der Waals surface area contributed by atoms with Gasteiger partial charge >= 0.3 is 0 Å². The molecule has 0 radical (unpaired) electrons. The van der Waals surface area contributed by atoms with Gasteiger partial charge in [0, 0.05) is 27.5 Å². The first-order valence-electron chi connectivity index (χ1n) is 9.79. The minimum absolute atomic E-state index is 0.0636. The lowest BCUT2D eigenvalue weighted by Gasteiger charge is -2.14. The normalized spacial score (nSPS) is 12.4. The molecule has 0 saturated heterocycles. The molecule has 0 saturated carbocycles. The Kier molecular flexibility index (Phi) is 3.27. The summed E-state index contributed by atoms with van der Waals surface area (Å²) in [6, 6.07) is 28.7. The van der Waals surface area contributed by atoms with Crippen molar-refractivity contribution in [2.45, 2.75) is 6.92 Å². The highest BCUT2D eigenvalue weighted by atomic mass is 16.1. The first-order valence-corrected chi connectivity index (χ1v) is 9.79. The van der Waals surface area contributed by atoms with Crippen molar-refractivity contribution in [2.24, 2.45) is 0 Å². The monoisotopic (exact) mass is 371 g/mol. The predicted molar refractivity (Wildman–Crippen MR) is 118 cm³/mol. The summed E-state index contributed by atoms with van der Waals surface area (Å²) in [5.41, 5.74) is 7.36. The molecular weight excluding hydrogens is 354 g/mol. The van der Waals surface area contributed by atoms with Gasteiger partial charge in [-0.25, -0.2) is 4.98 Å². The van der Waals surface area contributed by atoms with Crippen molar-refractivity contribution < 1.29 is 4.79 Å². The molecule has 0 spiro atoms. The topological polar surface area (TPSA) is 30.0 Å². The summed E-state index contributed by atoms with van der Waals surface area (Å²) < 4.78 is 0. The van der Waals surface area contributed by atoms with Crippen LogP contribution in [0.15, 0.2) is 84.9 Å². The minimum Gasteiger partial charge on any atom is -0.288 e. The maximum absolute atomic E-state index is 13.4. The van der Waals surface area contributed by atoms with Gasteiger partial charge in [0.15, 0.2) is 5.78 Å². The summed E-state index contributed by atoms with van der Waals surface area (Å²) >= 11 is 0. The number of aromatic nitrogens is 1. The van der Waals surface area contributed by atoms with Crippen LogP contribution in [0.4, 0.5) is 0 Å². The van der Waals surface area contributed by atoms with Gasteiger partial charge in [0.1, 0.15) is 0 Å². The van der Waals surface area contributed by atoms with E-state index >= 15 is 0 Å². The molecule has 0 amide bonds. The van der Waals surface area contributed by atoms with E-state index in [4.69, 9.17) is 4.98 Å². The van der Waals surface area contributed by atoms with Crippen LogP contribution < -0.4 is 0 Å². The van der Waals surface area contributed by atoms with Gasteiger partial charge in [-0.05, 0) is 17.9 Å². The van der Waals surface area contributed by atoms with Crippen LogP contribution in [0.3, 0.4) is 0 Å². The molecule has 136 valence electrons. The first kappa shape index (κ1) is 16.2. The van der Waals surface area contributed by atoms with Crippen molar-refractivity contribution in [1.82, 2.24) is 4.98 Å². The van der Waals surface area contributed by atoms with E-state index in [1.165, 1.54) is 5.56 Å². The average molecular weight is 371 g/mol. The van der Waals surface area contributed by atoms with Crippen molar-refractivity contribution in [3.8, 4) is 22.4 Å². The number of hydrogen-bond acceptors (Lipinski definition) is 2. The Labute approximate surface area is 168 Å². The molecular formula is C27H17NO. The van der Waals surface area contributed by atoms with Gasteiger partial charge in [0.2, 0.25) is 0 Å². The number of carbonyl (C=O) groups excluding carboxylic acids is 1. The zero-order valence-electron chi connectivity index (χ0n) is 15.9. The molecule has 4 aromatic carbocycles. The predicted octanol–water partition coefficient (Wildman–Crippen LogP) is 6.57. The SMILES string of the molecule is Cc1ccc(-c2c3c(nc4c2ccc2ccccc24)-c2ccccc2C3=O)cc1. The molecule has 5 aromatic rings. The summed E-state index contributed by atoms with van der Waals surface area (Å²) in [6.45, 7) is 2.08. The van der Waals surface area contributed by atoms with E-state index < -0.39 is 0 Å². The Morgan fingerprint density at radius 3 is 2.21 bits per heavy atom. The number of hydrogen-bond donors (Lipinski definition) is 0. The number of rotatable bonds is 1. The molecule has 29 heavy (non-hydrogen) atoms. The van der Waals surface area contributed by atoms with Crippen LogP contribution in [0.1, 0.15) is 21.5 Å². The molecule has 0 aliphatic heterocycles. The molecule has 0 atom stereocenters. The highest BCUT2D eigenvalue weighted by Crippen LogP contribution is 2.44. The Morgan fingerprint density at radius 2 is 1.38 bits per heavy atom. The second kappa shape index (κ2) is 5.86. The number of pyridine rings is 1. The van der Waals surface area contributed by atoms with E-state index in [0.29, 0.717) is 0 Å². The van der Waals surface area contributed by atoms with Gasteiger partial charge < -0.3 is 0 Å². The van der Waals surface area contributed by atoms with E-state index in [1.54, 1.807) is 0 Å². The highest BCUT2D eigenvalue weighted by Gasteiger charge is 2.32. The molecule has 1 aromatic heterocycles. The largest absolute Gasteiger partial charge is 0.288 e. The summed E-state index contributed by atoms with van der Waals surface area (Å²) in [5, 5.41) is 3.28. The van der Waals surface area contributed by atoms with Gasteiger partial charge in [-0.2, -0.15) is 0 Å². The number of benzene rings is 4. The zero-order valence-corrected chi connectivity index (χ0v) is 15.9. The van der Waals surface area contributed by atoms with E-state index in [1.807, 2.05) is 36.4 Å². The van der Waals surface area contributed by atoms with Gasteiger partial charge in [0.05, 0.1) is 16.8 Å². The first-order chi connectivity index (χ1) is 14.2. The lowest BCUT2D eigenvalue weighted by atomic mass is 9.91. The van der Waals surface area contributed by atoms with Crippen LogP contribution in [-0.2, 0) is 0 Å². The quantitative estimate of drug-likeness (QED) is 0.306. The zero-order chi connectivity index (χ0) is 19.5. The van der Waals surface area contributed by atoms with E-state index in [9.17, 15) is 4.79 Å². The number of fused-ring (bicyclic) bond motifs is 6. The maximum atomic E-state index is 13.4. The molecule has 6 rings (SSSR count). The Hall–Kier alpha value is -3.78. The summed E-state index contributed by atoms with van der Waals surface area (Å²) in [5.74, 6) is 0.0636. The van der Waals surface area contributed by atoms with Crippen LogP contribution in [0, 0.1) is 6.92 Å². The number of aryl methyl sites for hydroxylation is 1. The molecule has 2 nitrogen and oxygen atoms in total. The lowest BCUT2D eigenvalue weighted by molar-refractivity contribution is 0.104. The third kappa shape index (κ3) is 2.23. The fourth-order valence-corrected chi connectivity index (χ4v) is 4.46. The third-order valence-corrected chi connectivity index (χ3v) is 5.87. The Morgan fingerprint density at radius 1 is 0.655 bits per heavy atom. The van der Waals surface area contributed by atoms with Crippen LogP contribution in [0.5, 0.6) is 0 Å². The Balaban J connectivity index is 1.83. The fourth-order valence-electron chi connectivity index (χ4n) is 4.46. The minimum atomic E-state index is 0.0636. The van der Waals surface area contributed by atoms with Crippen LogP contribution in [0.2, 0.25) is 0 Å². The maximum Gasteiger partial charge on any atom is 0.196 e. The van der Waals surface area contributed by atoms with E-state index in [-0.39, 0.29) is 5.78 Å². The standard InChI is InChI=1S/C27H17NO/c1-16-10-12-18(13-11-16)23-22-15-14-17-6-2-3-7-19(17)25(22)28-26-20-8-4-5-9-21(20)27(29)24(23)26/h2-15H,1H3. The highest BCUT2D eigenvalue weighted by molar-refractivity contribution is 6.28. The van der Waals surface area contributed by atoms with Crippen LogP contribution in [0.25, 0.3) is 44.1 Å².